The van der Waals surface area contributed by atoms with Crippen LogP contribution in [0.4, 0.5) is 5.69 Å². The average Bonchev–Trinajstić information content (AvgIpc) is 3.21. The number of hydrogen-bond donors (Lipinski definition) is 1. The highest BCUT2D eigenvalue weighted by atomic mass is 16.5. The van der Waals surface area contributed by atoms with Gasteiger partial charge in [-0.15, -0.1) is 0 Å². The lowest BCUT2D eigenvalue weighted by Crippen LogP contribution is -2.12. The van der Waals surface area contributed by atoms with Crippen molar-refractivity contribution in [1.82, 2.24) is 9.78 Å². The van der Waals surface area contributed by atoms with Crippen molar-refractivity contribution in [3.8, 4) is 22.7 Å². The first kappa shape index (κ1) is 17.5. The fourth-order valence-corrected chi connectivity index (χ4v) is 2.96. The topological polar surface area (TPSA) is 56.2 Å². The predicted molar refractivity (Wildman–Crippen MR) is 110 cm³/mol. The van der Waals surface area contributed by atoms with Gasteiger partial charge in [0.15, 0.2) is 0 Å². The van der Waals surface area contributed by atoms with Crippen molar-refractivity contribution in [3.63, 3.8) is 0 Å². The standard InChI is InChI=1S/C23H19N3O2/c1-28-20-14-8-9-17(15-20)22-21(23(27)24-18-10-4-2-5-11-18)16-26(25-22)19-12-6-3-7-13-19/h2-16H,1H3,(H,24,27). The molecule has 1 aromatic heterocycles. The summed E-state index contributed by atoms with van der Waals surface area (Å²) in [6.45, 7) is 0. The van der Waals surface area contributed by atoms with E-state index in [1.165, 1.54) is 0 Å². The minimum absolute atomic E-state index is 0.216. The number of benzene rings is 3. The molecule has 0 atom stereocenters. The van der Waals surface area contributed by atoms with Gasteiger partial charge in [-0.2, -0.15) is 5.10 Å². The molecule has 0 saturated heterocycles. The van der Waals surface area contributed by atoms with Gasteiger partial charge in [0.1, 0.15) is 11.4 Å². The molecule has 0 spiro atoms. The maximum absolute atomic E-state index is 13.0. The first-order chi connectivity index (χ1) is 13.7. The van der Waals surface area contributed by atoms with Gasteiger partial charge in [0.2, 0.25) is 0 Å². The maximum Gasteiger partial charge on any atom is 0.259 e. The highest BCUT2D eigenvalue weighted by molar-refractivity contribution is 6.08. The predicted octanol–water partition coefficient (Wildman–Crippen LogP) is 4.80. The Balaban J connectivity index is 1.78. The van der Waals surface area contributed by atoms with Gasteiger partial charge in [0, 0.05) is 17.4 Å². The second-order valence-electron chi connectivity index (χ2n) is 6.22. The highest BCUT2D eigenvalue weighted by Crippen LogP contribution is 2.27. The van der Waals surface area contributed by atoms with Gasteiger partial charge in [0.25, 0.3) is 5.91 Å². The zero-order valence-corrected chi connectivity index (χ0v) is 15.4. The number of nitrogens with one attached hydrogen (secondary N) is 1. The Labute approximate surface area is 163 Å². The molecule has 5 nitrogen and oxygen atoms in total. The van der Waals surface area contributed by atoms with Crippen molar-refractivity contribution < 1.29 is 9.53 Å². The zero-order valence-electron chi connectivity index (χ0n) is 15.4. The van der Waals surface area contributed by atoms with E-state index in [0.717, 1.165) is 16.9 Å². The normalized spacial score (nSPS) is 10.5. The minimum atomic E-state index is -0.216. The van der Waals surface area contributed by atoms with Crippen molar-refractivity contribution in [2.45, 2.75) is 0 Å². The van der Waals surface area contributed by atoms with Crippen molar-refractivity contribution in [2.75, 3.05) is 12.4 Å². The van der Waals surface area contributed by atoms with E-state index in [-0.39, 0.29) is 5.91 Å². The second-order valence-corrected chi connectivity index (χ2v) is 6.22. The molecular weight excluding hydrogens is 350 g/mol. The van der Waals surface area contributed by atoms with E-state index in [9.17, 15) is 4.79 Å². The monoisotopic (exact) mass is 369 g/mol. The number of carbonyl (C=O) groups is 1. The van der Waals surface area contributed by atoms with Crippen molar-refractivity contribution >= 4 is 11.6 Å². The van der Waals surface area contributed by atoms with E-state index in [1.807, 2.05) is 84.9 Å². The van der Waals surface area contributed by atoms with E-state index in [4.69, 9.17) is 4.74 Å². The van der Waals surface area contributed by atoms with Crippen molar-refractivity contribution in [2.24, 2.45) is 0 Å². The molecule has 0 unspecified atom stereocenters. The summed E-state index contributed by atoms with van der Waals surface area (Å²) in [5.41, 5.74) is 3.51. The quantitative estimate of drug-likeness (QED) is 0.550. The molecular formula is C23H19N3O2. The Bertz CT molecular complexity index is 1090. The van der Waals surface area contributed by atoms with E-state index in [1.54, 1.807) is 18.0 Å². The summed E-state index contributed by atoms with van der Waals surface area (Å²) < 4.78 is 7.05. The number of aromatic nitrogens is 2. The number of ether oxygens (including phenoxy) is 1. The summed E-state index contributed by atoms with van der Waals surface area (Å²) in [5.74, 6) is 0.493. The van der Waals surface area contributed by atoms with Crippen LogP contribution < -0.4 is 10.1 Å². The highest BCUT2D eigenvalue weighted by Gasteiger charge is 2.19. The smallest absolute Gasteiger partial charge is 0.259 e. The van der Waals surface area contributed by atoms with Gasteiger partial charge in [-0.1, -0.05) is 48.5 Å². The molecule has 0 bridgehead atoms. The van der Waals surface area contributed by atoms with Crippen LogP contribution in [0.1, 0.15) is 10.4 Å². The van der Waals surface area contributed by atoms with Crippen LogP contribution in [0.2, 0.25) is 0 Å². The Hall–Kier alpha value is -3.86. The minimum Gasteiger partial charge on any atom is -0.497 e. The summed E-state index contributed by atoms with van der Waals surface area (Å²) in [6, 6.07) is 26.6. The molecule has 0 aliphatic heterocycles. The first-order valence-electron chi connectivity index (χ1n) is 8.90. The van der Waals surface area contributed by atoms with Crippen LogP contribution in [0.3, 0.4) is 0 Å². The first-order valence-corrected chi connectivity index (χ1v) is 8.90. The molecule has 1 N–H and O–H groups in total. The van der Waals surface area contributed by atoms with Crippen LogP contribution in [0, 0.1) is 0 Å². The molecule has 0 radical (unpaired) electrons. The fraction of sp³-hybridized carbons (Fsp3) is 0.0435. The molecule has 28 heavy (non-hydrogen) atoms. The number of para-hydroxylation sites is 2. The number of anilines is 1. The fourth-order valence-electron chi connectivity index (χ4n) is 2.96. The number of rotatable bonds is 5. The molecule has 0 aliphatic rings. The third-order valence-corrected chi connectivity index (χ3v) is 4.35. The molecule has 5 heteroatoms. The Morgan fingerprint density at radius 2 is 1.64 bits per heavy atom. The third kappa shape index (κ3) is 3.64. The number of hydrogen-bond acceptors (Lipinski definition) is 3. The van der Waals surface area contributed by atoms with E-state index in [2.05, 4.69) is 10.4 Å². The van der Waals surface area contributed by atoms with Gasteiger partial charge in [-0.05, 0) is 36.4 Å². The zero-order chi connectivity index (χ0) is 19.3. The molecule has 4 aromatic rings. The summed E-state index contributed by atoms with van der Waals surface area (Å²) in [6.07, 6.45) is 1.75. The lowest BCUT2D eigenvalue weighted by molar-refractivity contribution is 0.102. The molecule has 3 aromatic carbocycles. The van der Waals surface area contributed by atoms with Crippen LogP contribution in [0.25, 0.3) is 16.9 Å². The summed E-state index contributed by atoms with van der Waals surface area (Å²) in [7, 11) is 1.62. The third-order valence-electron chi connectivity index (χ3n) is 4.35. The lowest BCUT2D eigenvalue weighted by Gasteiger charge is -2.06. The van der Waals surface area contributed by atoms with E-state index < -0.39 is 0 Å². The molecule has 1 heterocycles. The molecule has 0 aliphatic carbocycles. The SMILES string of the molecule is COc1cccc(-c2nn(-c3ccccc3)cc2C(=O)Nc2ccccc2)c1. The summed E-state index contributed by atoms with van der Waals surface area (Å²) in [5, 5.41) is 7.63. The van der Waals surface area contributed by atoms with Crippen molar-refractivity contribution in [3.05, 3.63) is 96.7 Å². The second kappa shape index (κ2) is 7.80. The Kier molecular flexibility index (Phi) is 4.89. The van der Waals surface area contributed by atoms with E-state index >= 15 is 0 Å². The van der Waals surface area contributed by atoms with Crippen LogP contribution in [0.5, 0.6) is 5.75 Å². The van der Waals surface area contributed by atoms with Gasteiger partial charge < -0.3 is 10.1 Å². The number of methoxy groups -OCH3 is 1. The lowest BCUT2D eigenvalue weighted by atomic mass is 10.1. The maximum atomic E-state index is 13.0. The Morgan fingerprint density at radius 1 is 0.929 bits per heavy atom. The molecule has 4 rings (SSSR count). The van der Waals surface area contributed by atoms with Crippen molar-refractivity contribution in [1.29, 1.82) is 0 Å². The summed E-state index contributed by atoms with van der Waals surface area (Å²) in [4.78, 5) is 13.0. The molecule has 0 fully saturated rings. The Morgan fingerprint density at radius 3 is 2.36 bits per heavy atom. The number of nitrogens with zero attached hydrogens (tertiary/aromatic N) is 2. The van der Waals surface area contributed by atoms with Crippen LogP contribution in [-0.4, -0.2) is 22.8 Å². The van der Waals surface area contributed by atoms with Crippen LogP contribution in [-0.2, 0) is 0 Å². The van der Waals surface area contributed by atoms with Gasteiger partial charge in [-0.3, -0.25) is 4.79 Å². The molecule has 0 saturated carbocycles. The molecule has 138 valence electrons. The van der Waals surface area contributed by atoms with Crippen LogP contribution in [0.15, 0.2) is 91.1 Å². The number of carbonyl (C=O) groups excluding carboxylic acids is 1. The van der Waals surface area contributed by atoms with Gasteiger partial charge in [0.05, 0.1) is 18.4 Å². The average molecular weight is 369 g/mol. The number of amides is 1. The van der Waals surface area contributed by atoms with Crippen LogP contribution >= 0.6 is 0 Å². The largest absolute Gasteiger partial charge is 0.497 e. The summed E-state index contributed by atoms with van der Waals surface area (Å²) >= 11 is 0. The van der Waals surface area contributed by atoms with E-state index in [0.29, 0.717) is 17.0 Å². The molecule has 1 amide bonds. The van der Waals surface area contributed by atoms with Gasteiger partial charge >= 0.3 is 0 Å². The van der Waals surface area contributed by atoms with Gasteiger partial charge in [-0.25, -0.2) is 4.68 Å².